The molecule has 4 rings (SSSR count). The molecule has 1 aliphatic heterocycles. The molecule has 6 heteroatoms. The third-order valence-corrected chi connectivity index (χ3v) is 4.95. The quantitative estimate of drug-likeness (QED) is 0.796. The van der Waals surface area contributed by atoms with Crippen molar-refractivity contribution in [1.82, 2.24) is 24.6 Å². The highest BCUT2D eigenvalue weighted by Crippen LogP contribution is 2.19. The van der Waals surface area contributed by atoms with Crippen LogP contribution in [0.3, 0.4) is 0 Å². The van der Waals surface area contributed by atoms with E-state index in [2.05, 4.69) is 36.8 Å². The summed E-state index contributed by atoms with van der Waals surface area (Å²) in [6.45, 7) is 3.74. The number of aromatic nitrogens is 4. The van der Waals surface area contributed by atoms with Gasteiger partial charge in [0.25, 0.3) is 0 Å². The number of hydrogen-bond donors (Lipinski definition) is 1. The van der Waals surface area contributed by atoms with Crippen LogP contribution in [0.5, 0.6) is 0 Å². The van der Waals surface area contributed by atoms with Crippen LogP contribution in [0, 0.1) is 6.92 Å². The molecule has 1 aromatic carbocycles. The first-order chi connectivity index (χ1) is 12.2. The number of benzene rings is 1. The van der Waals surface area contributed by atoms with Gasteiger partial charge in [-0.05, 0) is 37.3 Å². The Balaban J connectivity index is 1.44. The zero-order chi connectivity index (χ0) is 17.2. The first-order valence-electron chi connectivity index (χ1n) is 8.95. The summed E-state index contributed by atoms with van der Waals surface area (Å²) < 4.78 is 4.22. The van der Waals surface area contributed by atoms with E-state index in [9.17, 15) is 4.79 Å². The topological polar surface area (TPSA) is 64.7 Å². The Morgan fingerprint density at radius 3 is 3.00 bits per heavy atom. The Kier molecular flexibility index (Phi) is 4.26. The highest BCUT2D eigenvalue weighted by molar-refractivity contribution is 5.84. The van der Waals surface area contributed by atoms with E-state index in [1.165, 1.54) is 12.8 Å². The highest BCUT2D eigenvalue weighted by Gasteiger charge is 2.15. The van der Waals surface area contributed by atoms with E-state index in [4.69, 9.17) is 0 Å². The van der Waals surface area contributed by atoms with Gasteiger partial charge in [0, 0.05) is 24.2 Å². The van der Waals surface area contributed by atoms with Gasteiger partial charge in [0.2, 0.25) is 5.91 Å². The van der Waals surface area contributed by atoms with Crippen molar-refractivity contribution in [3.8, 4) is 0 Å². The lowest BCUT2D eigenvalue weighted by Crippen LogP contribution is -2.28. The van der Waals surface area contributed by atoms with Crippen LogP contribution in [0.1, 0.15) is 36.6 Å². The third-order valence-electron chi connectivity index (χ3n) is 4.95. The van der Waals surface area contributed by atoms with Gasteiger partial charge in [0.1, 0.15) is 12.4 Å². The molecule has 0 aliphatic carbocycles. The minimum absolute atomic E-state index is 0.00424. The van der Waals surface area contributed by atoms with E-state index in [0.717, 1.165) is 47.6 Å². The first-order valence-corrected chi connectivity index (χ1v) is 8.95. The molecule has 0 saturated carbocycles. The fourth-order valence-corrected chi connectivity index (χ4v) is 3.61. The monoisotopic (exact) mass is 337 g/mol. The van der Waals surface area contributed by atoms with Gasteiger partial charge in [-0.15, -0.1) is 10.2 Å². The van der Waals surface area contributed by atoms with Crippen molar-refractivity contribution >= 4 is 16.8 Å². The Morgan fingerprint density at radius 2 is 2.08 bits per heavy atom. The second-order valence-electron chi connectivity index (χ2n) is 6.70. The molecule has 1 amide bonds. The number of aryl methyl sites for hydroxylation is 2. The van der Waals surface area contributed by atoms with Gasteiger partial charge < -0.3 is 14.5 Å². The lowest BCUT2D eigenvalue weighted by Gasteiger charge is -2.10. The van der Waals surface area contributed by atoms with Crippen molar-refractivity contribution < 1.29 is 4.79 Å². The Labute approximate surface area is 146 Å². The molecule has 130 valence electrons. The normalized spacial score (nSPS) is 14.3. The molecule has 0 bridgehead atoms. The molecule has 3 aromatic rings. The van der Waals surface area contributed by atoms with Crippen LogP contribution in [-0.4, -0.2) is 25.2 Å². The second kappa shape index (κ2) is 6.70. The average molecular weight is 337 g/mol. The van der Waals surface area contributed by atoms with E-state index >= 15 is 0 Å². The molecule has 0 radical (unpaired) electrons. The van der Waals surface area contributed by atoms with Crippen molar-refractivity contribution in [1.29, 1.82) is 0 Å². The lowest BCUT2D eigenvalue weighted by molar-refractivity contribution is -0.121. The molecular formula is C19H23N5O. The predicted molar refractivity (Wildman–Crippen MR) is 96.1 cm³/mol. The molecule has 0 atom stereocenters. The minimum atomic E-state index is -0.00424. The maximum absolute atomic E-state index is 12.4. The Morgan fingerprint density at radius 1 is 1.20 bits per heavy atom. The summed E-state index contributed by atoms with van der Waals surface area (Å²) in [6.07, 6.45) is 4.54. The van der Waals surface area contributed by atoms with Crippen LogP contribution >= 0.6 is 0 Å². The maximum atomic E-state index is 12.4. The number of amides is 1. The largest absolute Gasteiger partial charge is 0.347 e. The zero-order valence-corrected chi connectivity index (χ0v) is 14.5. The summed E-state index contributed by atoms with van der Waals surface area (Å²) in [7, 11) is 0. The van der Waals surface area contributed by atoms with Crippen LogP contribution in [-0.2, 0) is 30.8 Å². The standard InChI is InChI=1S/C19H23N5O/c1-14-11-15-7-4-5-8-16(15)24(14)13-19(25)20-12-18-22-21-17-9-3-2-6-10-23(17)18/h4-5,7-8,11H,2-3,6,9-10,12-13H2,1H3,(H,20,25). The molecule has 0 saturated heterocycles. The number of fused-ring (bicyclic) bond motifs is 2. The number of nitrogens with one attached hydrogen (secondary N) is 1. The summed E-state index contributed by atoms with van der Waals surface area (Å²) in [6, 6.07) is 10.3. The van der Waals surface area contributed by atoms with Gasteiger partial charge in [0.05, 0.1) is 6.54 Å². The minimum Gasteiger partial charge on any atom is -0.347 e. The molecule has 25 heavy (non-hydrogen) atoms. The molecule has 1 N–H and O–H groups in total. The van der Waals surface area contributed by atoms with E-state index < -0.39 is 0 Å². The number of carbonyl (C=O) groups is 1. The number of nitrogens with zero attached hydrogens (tertiary/aromatic N) is 4. The molecule has 2 aromatic heterocycles. The molecule has 0 unspecified atom stereocenters. The fourth-order valence-electron chi connectivity index (χ4n) is 3.61. The summed E-state index contributed by atoms with van der Waals surface area (Å²) in [4.78, 5) is 12.4. The Hall–Kier alpha value is -2.63. The third kappa shape index (κ3) is 3.16. The molecule has 6 nitrogen and oxygen atoms in total. The van der Waals surface area contributed by atoms with Crippen molar-refractivity contribution in [3.63, 3.8) is 0 Å². The SMILES string of the molecule is Cc1cc2ccccc2n1CC(=O)NCc1nnc2n1CCCCC2. The molecule has 0 spiro atoms. The summed E-state index contributed by atoms with van der Waals surface area (Å²) in [5, 5.41) is 12.7. The van der Waals surface area contributed by atoms with E-state index in [0.29, 0.717) is 13.1 Å². The maximum Gasteiger partial charge on any atom is 0.240 e. The van der Waals surface area contributed by atoms with Gasteiger partial charge in [0.15, 0.2) is 5.82 Å². The van der Waals surface area contributed by atoms with Crippen LogP contribution in [0.25, 0.3) is 10.9 Å². The van der Waals surface area contributed by atoms with Gasteiger partial charge in [-0.3, -0.25) is 4.79 Å². The van der Waals surface area contributed by atoms with Gasteiger partial charge >= 0.3 is 0 Å². The van der Waals surface area contributed by atoms with Gasteiger partial charge in [-0.25, -0.2) is 0 Å². The summed E-state index contributed by atoms with van der Waals surface area (Å²) in [5.74, 6) is 1.91. The lowest BCUT2D eigenvalue weighted by atomic mass is 10.2. The molecule has 0 fully saturated rings. The Bertz CT molecular complexity index is 908. The summed E-state index contributed by atoms with van der Waals surface area (Å²) in [5.41, 5.74) is 2.18. The van der Waals surface area contributed by atoms with E-state index in [1.807, 2.05) is 25.1 Å². The van der Waals surface area contributed by atoms with Gasteiger partial charge in [-0.1, -0.05) is 24.6 Å². The number of hydrogen-bond acceptors (Lipinski definition) is 3. The zero-order valence-electron chi connectivity index (χ0n) is 14.5. The van der Waals surface area contributed by atoms with Crippen LogP contribution in [0.2, 0.25) is 0 Å². The average Bonchev–Trinajstić information content (AvgIpc) is 3.04. The summed E-state index contributed by atoms with van der Waals surface area (Å²) >= 11 is 0. The molecular weight excluding hydrogens is 314 g/mol. The highest BCUT2D eigenvalue weighted by atomic mass is 16.1. The van der Waals surface area contributed by atoms with Crippen molar-refractivity contribution in [2.24, 2.45) is 0 Å². The molecule has 1 aliphatic rings. The predicted octanol–water partition coefficient (Wildman–Crippen LogP) is 2.58. The molecule has 3 heterocycles. The smallest absolute Gasteiger partial charge is 0.240 e. The van der Waals surface area contributed by atoms with E-state index in [1.54, 1.807) is 0 Å². The first kappa shape index (κ1) is 15.9. The fraction of sp³-hybridized carbons (Fsp3) is 0.421. The second-order valence-corrected chi connectivity index (χ2v) is 6.70. The van der Waals surface area contributed by atoms with Crippen molar-refractivity contribution in [3.05, 3.63) is 47.7 Å². The number of rotatable bonds is 4. The number of para-hydroxylation sites is 1. The van der Waals surface area contributed by atoms with Crippen molar-refractivity contribution in [2.45, 2.75) is 52.2 Å². The van der Waals surface area contributed by atoms with Crippen LogP contribution < -0.4 is 5.32 Å². The van der Waals surface area contributed by atoms with Crippen LogP contribution in [0.15, 0.2) is 30.3 Å². The van der Waals surface area contributed by atoms with Crippen molar-refractivity contribution in [2.75, 3.05) is 0 Å². The number of carbonyl (C=O) groups excluding carboxylic acids is 1. The van der Waals surface area contributed by atoms with Crippen LogP contribution in [0.4, 0.5) is 0 Å². The van der Waals surface area contributed by atoms with Gasteiger partial charge in [-0.2, -0.15) is 0 Å². The van der Waals surface area contributed by atoms with E-state index in [-0.39, 0.29) is 5.91 Å².